The van der Waals surface area contributed by atoms with E-state index in [-0.39, 0.29) is 35.6 Å². The van der Waals surface area contributed by atoms with Gasteiger partial charge in [0.05, 0.1) is 6.04 Å². The average Bonchev–Trinajstić information content (AvgIpc) is 2.48. The lowest BCUT2D eigenvalue weighted by molar-refractivity contribution is -0.127. The van der Waals surface area contributed by atoms with E-state index in [0.29, 0.717) is 24.9 Å². The van der Waals surface area contributed by atoms with E-state index in [1.54, 1.807) is 13.8 Å². The van der Waals surface area contributed by atoms with Crippen LogP contribution in [0.2, 0.25) is 0 Å². The highest BCUT2D eigenvalue weighted by molar-refractivity contribution is 5.79. The molecular formula is C18H35N3O3. The van der Waals surface area contributed by atoms with Gasteiger partial charge in [-0.2, -0.15) is 0 Å². The molecule has 6 heteroatoms. The van der Waals surface area contributed by atoms with Crippen molar-refractivity contribution < 1.29 is 14.4 Å². The van der Waals surface area contributed by atoms with Crippen LogP contribution < -0.4 is 16.0 Å². The molecule has 0 fully saturated rings. The maximum atomic E-state index is 12.3. The zero-order valence-electron chi connectivity index (χ0n) is 16.2. The van der Waals surface area contributed by atoms with E-state index >= 15 is 0 Å². The lowest BCUT2D eigenvalue weighted by atomic mass is 9.88. The first-order valence-corrected chi connectivity index (χ1v) is 8.87. The first-order chi connectivity index (χ1) is 11.0. The molecule has 0 aliphatic carbocycles. The number of nitrogens with one attached hydrogen (secondary N) is 3. The Bertz CT molecular complexity index is 422. The summed E-state index contributed by atoms with van der Waals surface area (Å²) in [5.74, 6) is 0.509. The lowest BCUT2D eigenvalue weighted by Gasteiger charge is -2.23. The maximum Gasteiger partial charge on any atom is 0.222 e. The number of hydrogen-bond acceptors (Lipinski definition) is 3. The molecule has 0 aromatic heterocycles. The van der Waals surface area contributed by atoms with E-state index in [2.05, 4.69) is 36.7 Å². The number of carbonyl (C=O) groups excluding carboxylic acids is 3. The van der Waals surface area contributed by atoms with Gasteiger partial charge in [0.15, 0.2) is 0 Å². The summed E-state index contributed by atoms with van der Waals surface area (Å²) in [7, 11) is 0. The molecule has 6 nitrogen and oxygen atoms in total. The highest BCUT2D eigenvalue weighted by atomic mass is 16.2. The summed E-state index contributed by atoms with van der Waals surface area (Å²) in [4.78, 5) is 35.2. The van der Waals surface area contributed by atoms with Gasteiger partial charge in [-0.1, -0.05) is 41.5 Å². The van der Waals surface area contributed by atoms with Crippen LogP contribution in [0.25, 0.3) is 0 Å². The number of hydrogen-bond donors (Lipinski definition) is 3. The van der Waals surface area contributed by atoms with Crippen molar-refractivity contribution in [1.29, 1.82) is 0 Å². The quantitative estimate of drug-likeness (QED) is 0.565. The Kier molecular flexibility index (Phi) is 10.3. The molecule has 0 aromatic carbocycles. The summed E-state index contributed by atoms with van der Waals surface area (Å²) in [5.41, 5.74) is 0. The number of rotatable bonds is 10. The van der Waals surface area contributed by atoms with Crippen molar-refractivity contribution in [2.24, 2.45) is 23.7 Å². The van der Waals surface area contributed by atoms with Crippen molar-refractivity contribution in [2.75, 3.05) is 13.1 Å². The topological polar surface area (TPSA) is 87.3 Å². The maximum absolute atomic E-state index is 12.3. The molecule has 0 aliphatic rings. The summed E-state index contributed by atoms with van der Waals surface area (Å²) < 4.78 is 0. The third-order valence-electron chi connectivity index (χ3n) is 4.30. The molecule has 140 valence electrons. The second-order valence-corrected chi connectivity index (χ2v) is 7.40. The van der Waals surface area contributed by atoms with E-state index in [9.17, 15) is 14.4 Å². The van der Waals surface area contributed by atoms with Gasteiger partial charge in [-0.05, 0) is 18.3 Å². The van der Waals surface area contributed by atoms with Crippen LogP contribution in [0.4, 0.5) is 0 Å². The first-order valence-electron chi connectivity index (χ1n) is 8.87. The largest absolute Gasteiger partial charge is 0.354 e. The molecule has 0 aliphatic heterocycles. The Balaban J connectivity index is 4.53. The second-order valence-electron chi connectivity index (χ2n) is 7.40. The molecule has 3 atom stereocenters. The van der Waals surface area contributed by atoms with Crippen molar-refractivity contribution in [3.63, 3.8) is 0 Å². The molecule has 0 aromatic rings. The first kappa shape index (κ1) is 22.4. The predicted octanol–water partition coefficient (Wildman–Crippen LogP) is 1.70. The van der Waals surface area contributed by atoms with Gasteiger partial charge in [0.1, 0.15) is 0 Å². The summed E-state index contributed by atoms with van der Waals surface area (Å²) in [6.07, 6.45) is 0.832. The summed E-state index contributed by atoms with van der Waals surface area (Å²) in [6, 6.07) is -0.317. The molecule has 0 radical (unpaired) electrons. The molecular weight excluding hydrogens is 306 g/mol. The van der Waals surface area contributed by atoms with Gasteiger partial charge < -0.3 is 16.0 Å². The van der Waals surface area contributed by atoms with E-state index in [1.165, 1.54) is 6.92 Å². The van der Waals surface area contributed by atoms with Gasteiger partial charge >= 0.3 is 0 Å². The standard InChI is InChI=1S/C18H35N3O3/c1-11(2)13(5)8-14(6)18(24)20-10-16(9-19-15(7)22)21-17(23)12(3)4/h11-14,16H,8-10H2,1-7H3,(H,19,22)(H,20,24)(H,21,23). The van der Waals surface area contributed by atoms with E-state index < -0.39 is 0 Å². The fourth-order valence-corrected chi connectivity index (χ4v) is 2.14. The minimum Gasteiger partial charge on any atom is -0.354 e. The van der Waals surface area contributed by atoms with E-state index in [0.717, 1.165) is 6.42 Å². The normalized spacial score (nSPS) is 14.9. The van der Waals surface area contributed by atoms with Crippen LogP contribution in [-0.2, 0) is 14.4 Å². The third kappa shape index (κ3) is 9.53. The Morgan fingerprint density at radius 1 is 0.833 bits per heavy atom. The minimum atomic E-state index is -0.317. The van der Waals surface area contributed by atoms with Gasteiger partial charge in [0.25, 0.3) is 0 Å². The summed E-state index contributed by atoms with van der Waals surface area (Å²) >= 11 is 0. The SMILES string of the molecule is CC(=O)NCC(CNC(=O)C(C)CC(C)C(C)C)NC(=O)C(C)C. The second kappa shape index (κ2) is 11.0. The van der Waals surface area contributed by atoms with Gasteiger partial charge in [0, 0.05) is 31.8 Å². The monoisotopic (exact) mass is 341 g/mol. The van der Waals surface area contributed by atoms with Crippen LogP contribution in [0.5, 0.6) is 0 Å². The van der Waals surface area contributed by atoms with Gasteiger partial charge in [-0.25, -0.2) is 0 Å². The van der Waals surface area contributed by atoms with Crippen LogP contribution in [-0.4, -0.2) is 36.9 Å². The predicted molar refractivity (Wildman–Crippen MR) is 96.2 cm³/mol. The fraction of sp³-hybridized carbons (Fsp3) is 0.833. The molecule has 3 N–H and O–H groups in total. The lowest BCUT2D eigenvalue weighted by Crippen LogP contribution is -2.51. The minimum absolute atomic E-state index is 0.0193. The zero-order chi connectivity index (χ0) is 18.9. The van der Waals surface area contributed by atoms with Crippen LogP contribution in [0.1, 0.15) is 54.9 Å². The Morgan fingerprint density at radius 3 is 1.83 bits per heavy atom. The van der Waals surface area contributed by atoms with Crippen LogP contribution >= 0.6 is 0 Å². The van der Waals surface area contributed by atoms with Crippen molar-refractivity contribution in [2.45, 2.75) is 60.9 Å². The van der Waals surface area contributed by atoms with E-state index in [4.69, 9.17) is 0 Å². The van der Waals surface area contributed by atoms with Gasteiger partial charge in [0.2, 0.25) is 17.7 Å². The number of carbonyl (C=O) groups is 3. The molecule has 3 amide bonds. The third-order valence-corrected chi connectivity index (χ3v) is 4.30. The molecule has 0 bridgehead atoms. The Hall–Kier alpha value is -1.59. The molecule has 3 unspecified atom stereocenters. The van der Waals surface area contributed by atoms with Crippen LogP contribution in [0.15, 0.2) is 0 Å². The van der Waals surface area contributed by atoms with E-state index in [1.807, 2.05) is 6.92 Å². The fourth-order valence-electron chi connectivity index (χ4n) is 2.14. The smallest absolute Gasteiger partial charge is 0.222 e. The highest BCUT2D eigenvalue weighted by Gasteiger charge is 2.20. The molecule has 0 heterocycles. The van der Waals surface area contributed by atoms with Gasteiger partial charge in [-0.3, -0.25) is 14.4 Å². The average molecular weight is 341 g/mol. The number of amides is 3. The van der Waals surface area contributed by atoms with Crippen LogP contribution in [0.3, 0.4) is 0 Å². The van der Waals surface area contributed by atoms with Crippen LogP contribution in [0, 0.1) is 23.7 Å². The summed E-state index contributed by atoms with van der Waals surface area (Å²) in [5, 5.41) is 8.43. The Morgan fingerprint density at radius 2 is 1.38 bits per heavy atom. The van der Waals surface area contributed by atoms with Crippen molar-refractivity contribution in [1.82, 2.24) is 16.0 Å². The van der Waals surface area contributed by atoms with Crippen molar-refractivity contribution in [3.8, 4) is 0 Å². The highest BCUT2D eigenvalue weighted by Crippen LogP contribution is 2.19. The molecule has 24 heavy (non-hydrogen) atoms. The molecule has 0 saturated heterocycles. The Labute approximate surface area is 146 Å². The molecule has 0 spiro atoms. The van der Waals surface area contributed by atoms with Crippen molar-refractivity contribution in [3.05, 3.63) is 0 Å². The summed E-state index contributed by atoms with van der Waals surface area (Å²) in [6.45, 7) is 14.0. The van der Waals surface area contributed by atoms with Crippen molar-refractivity contribution >= 4 is 17.7 Å². The molecule has 0 rings (SSSR count). The van der Waals surface area contributed by atoms with Gasteiger partial charge in [-0.15, -0.1) is 0 Å². The zero-order valence-corrected chi connectivity index (χ0v) is 16.2. The molecule has 0 saturated carbocycles.